The molecule has 3 N–H and O–H groups in total. The van der Waals surface area contributed by atoms with Gasteiger partial charge in [0.2, 0.25) is 5.91 Å². The van der Waals surface area contributed by atoms with E-state index < -0.39 is 0 Å². The molecule has 1 heterocycles. The number of quaternary nitrogens is 1. The Hall–Kier alpha value is -2.08. The summed E-state index contributed by atoms with van der Waals surface area (Å²) in [5, 5.41) is 5.64. The molecule has 1 aromatic rings. The lowest BCUT2D eigenvalue weighted by atomic mass is 10.1. The van der Waals surface area contributed by atoms with Crippen LogP contribution < -0.4 is 20.3 Å². The van der Waals surface area contributed by atoms with Crippen LogP contribution in [0.4, 0.5) is 11.4 Å². The van der Waals surface area contributed by atoms with Crippen LogP contribution in [-0.4, -0.2) is 38.6 Å². The number of carbonyl (C=O) groups is 2. The van der Waals surface area contributed by atoms with Crippen LogP contribution in [0.1, 0.15) is 39.0 Å². The summed E-state index contributed by atoms with van der Waals surface area (Å²) in [7, 11) is 1.56. The minimum absolute atomic E-state index is 0.0242. The summed E-state index contributed by atoms with van der Waals surface area (Å²) >= 11 is 0. The summed E-state index contributed by atoms with van der Waals surface area (Å²) in [6, 6.07) is 5.21. The number of nitrogens with one attached hydrogen (secondary N) is 3. The number of hydrogen-bond donors (Lipinski definition) is 3. The fourth-order valence-electron chi connectivity index (χ4n) is 3.09. The van der Waals surface area contributed by atoms with Crippen molar-refractivity contribution in [1.82, 2.24) is 0 Å². The number of carbonyl (C=O) groups excluding carboxylic acids is 2. The molecule has 0 aromatic heterocycles. The van der Waals surface area contributed by atoms with Crippen LogP contribution in [0.2, 0.25) is 0 Å². The molecule has 0 aliphatic carbocycles. The summed E-state index contributed by atoms with van der Waals surface area (Å²) in [6.45, 7) is 4.02. The lowest BCUT2D eigenvalue weighted by Gasteiger charge is -2.21. The number of amides is 2. The summed E-state index contributed by atoms with van der Waals surface area (Å²) < 4.78 is 5.30. The van der Waals surface area contributed by atoms with E-state index in [1.807, 2.05) is 0 Å². The number of benzene rings is 1. The van der Waals surface area contributed by atoms with Gasteiger partial charge in [-0.15, -0.1) is 0 Å². The first-order valence-corrected chi connectivity index (χ1v) is 8.67. The molecule has 6 heteroatoms. The number of hydrogen-bond acceptors (Lipinski definition) is 3. The molecule has 2 amide bonds. The smallest absolute Gasteiger partial charge is 0.279 e. The standard InChI is InChI=1S/C18H27N3O3/c1-14(22)19-15-8-9-17(24-2)16(12-15)20-18(23)13-21-10-6-4-3-5-7-11-21/h8-9,12H,3-7,10-11,13H2,1-2H3,(H,19,22)(H,20,23)/p+1. The van der Waals surface area contributed by atoms with Gasteiger partial charge in [-0.1, -0.05) is 6.42 Å². The van der Waals surface area contributed by atoms with Crippen molar-refractivity contribution < 1.29 is 19.2 Å². The lowest BCUT2D eigenvalue weighted by Crippen LogP contribution is -3.13. The highest BCUT2D eigenvalue weighted by molar-refractivity contribution is 5.95. The zero-order valence-corrected chi connectivity index (χ0v) is 14.6. The van der Waals surface area contributed by atoms with Crippen LogP contribution in [0.3, 0.4) is 0 Å². The molecule has 0 radical (unpaired) electrons. The summed E-state index contributed by atoms with van der Waals surface area (Å²) in [6.07, 6.45) is 6.20. The molecule has 24 heavy (non-hydrogen) atoms. The Bertz CT molecular complexity index is 567. The number of anilines is 2. The molecule has 1 fully saturated rings. The van der Waals surface area contributed by atoms with Crippen molar-refractivity contribution in [3.05, 3.63) is 18.2 Å². The first kappa shape index (κ1) is 18.3. The van der Waals surface area contributed by atoms with Gasteiger partial charge in [0.1, 0.15) is 5.75 Å². The van der Waals surface area contributed by atoms with Crippen molar-refractivity contribution >= 4 is 23.2 Å². The molecule has 0 saturated carbocycles. The Morgan fingerprint density at radius 2 is 1.75 bits per heavy atom. The van der Waals surface area contributed by atoms with E-state index >= 15 is 0 Å². The van der Waals surface area contributed by atoms with Crippen LogP contribution in [0.15, 0.2) is 18.2 Å². The molecule has 6 nitrogen and oxygen atoms in total. The first-order chi connectivity index (χ1) is 11.6. The number of rotatable bonds is 5. The second-order valence-corrected chi connectivity index (χ2v) is 6.34. The molecule has 1 aromatic carbocycles. The molecule has 1 aliphatic heterocycles. The van der Waals surface area contributed by atoms with Crippen LogP contribution in [0.25, 0.3) is 0 Å². The Morgan fingerprint density at radius 3 is 2.38 bits per heavy atom. The van der Waals surface area contributed by atoms with E-state index in [1.165, 1.54) is 43.9 Å². The SMILES string of the molecule is COc1ccc(NC(C)=O)cc1NC(=O)C[NH+]1CCCCCCC1. The van der Waals surface area contributed by atoms with Crippen molar-refractivity contribution in [3.8, 4) is 5.75 Å². The highest BCUT2D eigenvalue weighted by Gasteiger charge is 2.17. The van der Waals surface area contributed by atoms with Crippen molar-refractivity contribution in [1.29, 1.82) is 0 Å². The molecule has 1 saturated heterocycles. The Morgan fingerprint density at radius 1 is 1.08 bits per heavy atom. The molecule has 0 bridgehead atoms. The van der Waals surface area contributed by atoms with E-state index in [0.29, 0.717) is 23.7 Å². The summed E-state index contributed by atoms with van der Waals surface area (Å²) in [5.74, 6) is 0.409. The van der Waals surface area contributed by atoms with Crippen LogP contribution in [-0.2, 0) is 9.59 Å². The van der Waals surface area contributed by atoms with Gasteiger partial charge in [0.25, 0.3) is 5.91 Å². The van der Waals surface area contributed by atoms with Gasteiger partial charge in [-0.2, -0.15) is 0 Å². The van der Waals surface area contributed by atoms with E-state index in [1.54, 1.807) is 25.3 Å². The minimum atomic E-state index is -0.150. The molecule has 0 unspecified atom stereocenters. The molecule has 132 valence electrons. The van der Waals surface area contributed by atoms with Crippen LogP contribution in [0, 0.1) is 0 Å². The monoisotopic (exact) mass is 334 g/mol. The molecule has 2 rings (SSSR count). The quantitative estimate of drug-likeness (QED) is 0.763. The first-order valence-electron chi connectivity index (χ1n) is 8.67. The number of methoxy groups -OCH3 is 1. The predicted molar refractivity (Wildman–Crippen MR) is 94.6 cm³/mol. The van der Waals surface area contributed by atoms with Crippen molar-refractivity contribution in [2.45, 2.75) is 39.0 Å². The molecular formula is C18H28N3O3+. The zero-order chi connectivity index (χ0) is 17.4. The maximum atomic E-state index is 12.4. The highest BCUT2D eigenvalue weighted by Crippen LogP contribution is 2.27. The third-order valence-electron chi connectivity index (χ3n) is 4.27. The van der Waals surface area contributed by atoms with Gasteiger partial charge in [0, 0.05) is 12.6 Å². The summed E-state index contributed by atoms with van der Waals surface area (Å²) in [5.41, 5.74) is 1.22. The largest absolute Gasteiger partial charge is 0.495 e. The average Bonchev–Trinajstić information content (AvgIpc) is 2.49. The highest BCUT2D eigenvalue weighted by atomic mass is 16.5. The zero-order valence-electron chi connectivity index (χ0n) is 14.6. The second-order valence-electron chi connectivity index (χ2n) is 6.34. The van der Waals surface area contributed by atoms with Gasteiger partial charge in [-0.25, -0.2) is 0 Å². The van der Waals surface area contributed by atoms with Gasteiger partial charge < -0.3 is 20.3 Å². The molecule has 0 atom stereocenters. The van der Waals surface area contributed by atoms with E-state index in [0.717, 1.165) is 13.1 Å². The van der Waals surface area contributed by atoms with Crippen molar-refractivity contribution in [3.63, 3.8) is 0 Å². The fourth-order valence-corrected chi connectivity index (χ4v) is 3.09. The Kier molecular flexibility index (Phi) is 7.06. The van der Waals surface area contributed by atoms with E-state index in [-0.39, 0.29) is 11.8 Å². The van der Waals surface area contributed by atoms with Crippen LogP contribution >= 0.6 is 0 Å². The van der Waals surface area contributed by atoms with Crippen molar-refractivity contribution in [2.75, 3.05) is 37.4 Å². The van der Waals surface area contributed by atoms with Gasteiger partial charge in [0.05, 0.1) is 25.9 Å². The van der Waals surface area contributed by atoms with Gasteiger partial charge in [-0.05, 0) is 43.9 Å². The maximum absolute atomic E-state index is 12.4. The normalized spacial score (nSPS) is 15.9. The third kappa shape index (κ3) is 5.85. The van der Waals surface area contributed by atoms with Gasteiger partial charge in [-0.3, -0.25) is 9.59 Å². The average molecular weight is 334 g/mol. The van der Waals surface area contributed by atoms with Gasteiger partial charge in [0.15, 0.2) is 6.54 Å². The Labute approximate surface area is 143 Å². The van der Waals surface area contributed by atoms with Crippen LogP contribution in [0.5, 0.6) is 5.75 Å². The fraction of sp³-hybridized carbons (Fsp3) is 0.556. The minimum Gasteiger partial charge on any atom is -0.495 e. The maximum Gasteiger partial charge on any atom is 0.279 e. The molecular weight excluding hydrogens is 306 g/mol. The van der Waals surface area contributed by atoms with Crippen molar-refractivity contribution in [2.24, 2.45) is 0 Å². The summed E-state index contributed by atoms with van der Waals surface area (Å²) in [4.78, 5) is 24.9. The molecule has 0 spiro atoms. The third-order valence-corrected chi connectivity index (χ3v) is 4.27. The van der Waals surface area contributed by atoms with E-state index in [4.69, 9.17) is 4.74 Å². The lowest BCUT2D eigenvalue weighted by molar-refractivity contribution is -0.892. The predicted octanol–water partition coefficient (Wildman–Crippen LogP) is 1.44. The van der Waals surface area contributed by atoms with E-state index in [9.17, 15) is 9.59 Å². The number of ether oxygens (including phenoxy) is 1. The Balaban J connectivity index is 1.99. The van der Waals surface area contributed by atoms with Gasteiger partial charge >= 0.3 is 0 Å². The topological polar surface area (TPSA) is 71.9 Å². The molecule has 1 aliphatic rings. The second kappa shape index (κ2) is 9.27. The number of likely N-dealkylation sites (tertiary alicyclic amines) is 1. The van der Waals surface area contributed by atoms with E-state index in [2.05, 4.69) is 10.6 Å².